The summed E-state index contributed by atoms with van der Waals surface area (Å²) < 4.78 is 64.4. The van der Waals surface area contributed by atoms with Crippen LogP contribution in [0.3, 0.4) is 0 Å². The van der Waals surface area contributed by atoms with Crippen LogP contribution in [0.5, 0.6) is 0 Å². The highest BCUT2D eigenvalue weighted by molar-refractivity contribution is 5.92. The fourth-order valence-corrected chi connectivity index (χ4v) is 1.69. The van der Waals surface area contributed by atoms with Crippen LogP contribution in [0.1, 0.15) is 11.3 Å². The molecule has 2 nitrogen and oxygen atoms in total. The normalized spacial score (nSPS) is 12.1. The summed E-state index contributed by atoms with van der Waals surface area (Å²) in [6.45, 7) is 1.10. The summed E-state index contributed by atoms with van der Waals surface area (Å²) in [4.78, 5) is 3.20. The number of pyridine rings is 1. The Balaban J connectivity index is 2.93. The molecule has 2 N–H and O–H groups in total. The predicted octanol–water partition coefficient (Wildman–Crippen LogP) is 3.42. The first kappa shape index (κ1) is 12.5. The Morgan fingerprint density at radius 1 is 1.17 bits per heavy atom. The topological polar surface area (TPSA) is 38.9 Å². The third-order valence-electron chi connectivity index (χ3n) is 2.57. The minimum Gasteiger partial charge on any atom is -0.398 e. The van der Waals surface area contributed by atoms with Crippen LogP contribution in [0.15, 0.2) is 12.1 Å². The largest absolute Gasteiger partial charge is 0.433 e. The van der Waals surface area contributed by atoms with Crippen LogP contribution in [-0.2, 0) is 6.18 Å². The fourth-order valence-electron chi connectivity index (χ4n) is 1.69. The number of alkyl halides is 3. The van der Waals surface area contributed by atoms with Crippen LogP contribution in [0.2, 0.25) is 0 Å². The minimum absolute atomic E-state index is 0.169. The van der Waals surface area contributed by atoms with Crippen molar-refractivity contribution in [2.24, 2.45) is 0 Å². The molecule has 0 spiro atoms. The smallest absolute Gasteiger partial charge is 0.398 e. The molecule has 1 aromatic heterocycles. The van der Waals surface area contributed by atoms with Gasteiger partial charge in [-0.1, -0.05) is 0 Å². The number of anilines is 1. The van der Waals surface area contributed by atoms with E-state index in [4.69, 9.17) is 5.73 Å². The molecule has 96 valence electrons. The highest BCUT2D eigenvalue weighted by atomic mass is 19.4. The van der Waals surface area contributed by atoms with Crippen molar-refractivity contribution in [2.45, 2.75) is 13.1 Å². The van der Waals surface area contributed by atoms with E-state index in [1.54, 1.807) is 0 Å². The van der Waals surface area contributed by atoms with Gasteiger partial charge in [-0.3, -0.25) is 0 Å². The summed E-state index contributed by atoms with van der Waals surface area (Å²) in [7, 11) is 0. The predicted molar refractivity (Wildman–Crippen MR) is 55.8 cm³/mol. The first-order chi connectivity index (χ1) is 8.21. The highest BCUT2D eigenvalue weighted by Crippen LogP contribution is 2.36. The van der Waals surface area contributed by atoms with Gasteiger partial charge in [0, 0.05) is 22.7 Å². The molecule has 0 bridgehead atoms. The second kappa shape index (κ2) is 3.79. The number of fused-ring (bicyclic) bond motifs is 1. The van der Waals surface area contributed by atoms with Crippen molar-refractivity contribution < 1.29 is 22.0 Å². The van der Waals surface area contributed by atoms with Crippen LogP contribution in [-0.4, -0.2) is 4.98 Å². The van der Waals surface area contributed by atoms with E-state index in [1.807, 2.05) is 0 Å². The molecule has 0 radical (unpaired) electrons. The summed E-state index contributed by atoms with van der Waals surface area (Å²) in [6, 6.07) is 1.32. The van der Waals surface area contributed by atoms with E-state index in [9.17, 15) is 22.0 Å². The maximum Gasteiger partial charge on any atom is 0.433 e. The van der Waals surface area contributed by atoms with Crippen molar-refractivity contribution in [3.05, 3.63) is 35.0 Å². The fraction of sp³-hybridized carbons (Fsp3) is 0.182. The highest BCUT2D eigenvalue weighted by Gasteiger charge is 2.36. The number of hydrogen-bond donors (Lipinski definition) is 1. The van der Waals surface area contributed by atoms with E-state index in [0.29, 0.717) is 6.07 Å². The number of rotatable bonds is 0. The Labute approximate surface area is 98.2 Å². The average molecular weight is 262 g/mol. The number of nitrogen functional groups attached to an aromatic ring is 1. The molecule has 0 fully saturated rings. The maximum absolute atomic E-state index is 13.4. The van der Waals surface area contributed by atoms with E-state index in [0.717, 1.165) is 13.0 Å². The molecule has 7 heteroatoms. The number of hydrogen-bond acceptors (Lipinski definition) is 2. The molecule has 0 unspecified atom stereocenters. The first-order valence-electron chi connectivity index (χ1n) is 4.84. The summed E-state index contributed by atoms with van der Waals surface area (Å²) >= 11 is 0. The van der Waals surface area contributed by atoms with Crippen LogP contribution in [0.25, 0.3) is 10.9 Å². The molecule has 0 aliphatic rings. The van der Waals surface area contributed by atoms with Gasteiger partial charge in [0.2, 0.25) is 0 Å². The van der Waals surface area contributed by atoms with Crippen molar-refractivity contribution in [3.63, 3.8) is 0 Å². The lowest BCUT2D eigenvalue weighted by Gasteiger charge is -2.13. The van der Waals surface area contributed by atoms with Crippen molar-refractivity contribution in [2.75, 3.05) is 5.73 Å². The van der Waals surface area contributed by atoms with Gasteiger partial charge in [0.25, 0.3) is 0 Å². The molecule has 2 aromatic rings. The van der Waals surface area contributed by atoms with Crippen LogP contribution >= 0.6 is 0 Å². The van der Waals surface area contributed by atoms with Gasteiger partial charge in [-0.2, -0.15) is 13.2 Å². The Kier molecular flexibility index (Phi) is 2.64. The molecule has 0 saturated heterocycles. The maximum atomic E-state index is 13.4. The first-order valence-corrected chi connectivity index (χ1v) is 4.84. The minimum atomic E-state index is -4.74. The summed E-state index contributed by atoms with van der Waals surface area (Å²) in [5.74, 6) is -2.10. The van der Waals surface area contributed by atoms with Gasteiger partial charge in [0.1, 0.15) is 17.0 Å². The number of nitrogens with two attached hydrogens (primary N) is 1. The van der Waals surface area contributed by atoms with Crippen LogP contribution in [0.4, 0.5) is 27.6 Å². The zero-order chi connectivity index (χ0) is 13.7. The number of halogens is 5. The number of aromatic nitrogens is 1. The zero-order valence-electron chi connectivity index (χ0n) is 9.07. The van der Waals surface area contributed by atoms with Crippen molar-refractivity contribution in [1.29, 1.82) is 0 Å². The Morgan fingerprint density at radius 3 is 2.33 bits per heavy atom. The molecule has 18 heavy (non-hydrogen) atoms. The Morgan fingerprint density at radius 2 is 1.78 bits per heavy atom. The molecule has 0 amide bonds. The molecule has 1 aromatic carbocycles. The SMILES string of the molecule is Cc1c(C(F)(F)F)nc2c(F)cc(F)cc2c1N. The Hall–Kier alpha value is -1.92. The van der Waals surface area contributed by atoms with Gasteiger partial charge in [-0.15, -0.1) is 0 Å². The summed E-state index contributed by atoms with van der Waals surface area (Å²) in [6.07, 6.45) is -4.74. The molecule has 0 atom stereocenters. The van der Waals surface area contributed by atoms with Crippen molar-refractivity contribution in [1.82, 2.24) is 4.98 Å². The molecule has 0 aliphatic heterocycles. The summed E-state index contributed by atoms with van der Waals surface area (Å²) in [5.41, 5.74) is 2.95. The molecule has 2 rings (SSSR count). The summed E-state index contributed by atoms with van der Waals surface area (Å²) in [5, 5.41) is -0.169. The van der Waals surface area contributed by atoms with E-state index < -0.39 is 29.0 Å². The van der Waals surface area contributed by atoms with Gasteiger partial charge < -0.3 is 5.73 Å². The lowest BCUT2D eigenvalue weighted by molar-refractivity contribution is -0.141. The monoisotopic (exact) mass is 262 g/mol. The van der Waals surface area contributed by atoms with Gasteiger partial charge in [0.15, 0.2) is 5.82 Å². The van der Waals surface area contributed by atoms with Crippen LogP contribution < -0.4 is 5.73 Å². The third kappa shape index (κ3) is 1.85. The molecule has 0 aliphatic carbocycles. The quantitative estimate of drug-likeness (QED) is 0.739. The number of nitrogens with zero attached hydrogens (tertiary/aromatic N) is 1. The second-order valence-corrected chi connectivity index (χ2v) is 3.78. The van der Waals surface area contributed by atoms with Crippen molar-refractivity contribution >= 4 is 16.6 Å². The van der Waals surface area contributed by atoms with E-state index in [-0.39, 0.29) is 16.6 Å². The van der Waals surface area contributed by atoms with Crippen molar-refractivity contribution in [3.8, 4) is 0 Å². The molecular formula is C11H7F5N2. The lowest BCUT2D eigenvalue weighted by atomic mass is 10.1. The van der Waals surface area contributed by atoms with E-state index >= 15 is 0 Å². The van der Waals surface area contributed by atoms with Gasteiger partial charge in [-0.25, -0.2) is 13.8 Å². The number of benzene rings is 1. The van der Waals surface area contributed by atoms with Crippen LogP contribution in [0, 0.1) is 18.6 Å². The van der Waals surface area contributed by atoms with Gasteiger partial charge >= 0.3 is 6.18 Å². The Bertz CT molecular complexity index is 634. The average Bonchev–Trinajstić information content (AvgIpc) is 2.22. The molecule has 1 heterocycles. The van der Waals surface area contributed by atoms with E-state index in [1.165, 1.54) is 0 Å². The zero-order valence-corrected chi connectivity index (χ0v) is 9.07. The lowest BCUT2D eigenvalue weighted by Crippen LogP contribution is -2.13. The van der Waals surface area contributed by atoms with Gasteiger partial charge in [-0.05, 0) is 13.0 Å². The molecule has 0 saturated carbocycles. The second-order valence-electron chi connectivity index (χ2n) is 3.78. The third-order valence-corrected chi connectivity index (χ3v) is 2.57. The standard InChI is InChI=1S/C11H7F5N2/c1-4-8(17)6-2-5(12)3-7(13)9(6)18-10(4)11(14,15)16/h2-3H,1H3,(H2,17,18). The van der Waals surface area contributed by atoms with Gasteiger partial charge in [0.05, 0.1) is 0 Å². The van der Waals surface area contributed by atoms with E-state index in [2.05, 4.69) is 4.98 Å². The molecular weight excluding hydrogens is 255 g/mol.